The van der Waals surface area contributed by atoms with Gasteiger partial charge in [0.15, 0.2) is 0 Å². The van der Waals surface area contributed by atoms with Gasteiger partial charge >= 0.3 is 0 Å². The number of allylic oxidation sites excluding steroid dienone is 2. The molecule has 2 heteroatoms. The maximum atomic E-state index is 12.6. The second-order valence-corrected chi connectivity index (χ2v) is 6.10. The van der Waals surface area contributed by atoms with Crippen LogP contribution < -0.4 is 5.32 Å². The van der Waals surface area contributed by atoms with Crippen molar-refractivity contribution < 1.29 is 4.79 Å². The van der Waals surface area contributed by atoms with Crippen molar-refractivity contribution >= 4 is 5.91 Å². The zero-order valence-corrected chi connectivity index (χ0v) is 12.5. The van der Waals surface area contributed by atoms with Gasteiger partial charge in [0.1, 0.15) is 0 Å². The van der Waals surface area contributed by atoms with Crippen molar-refractivity contribution in [3.05, 3.63) is 71.8 Å². The summed E-state index contributed by atoms with van der Waals surface area (Å²) in [7, 11) is 0. The van der Waals surface area contributed by atoms with E-state index in [1.807, 2.05) is 12.1 Å². The van der Waals surface area contributed by atoms with Gasteiger partial charge in [-0.05, 0) is 41.5 Å². The molecule has 0 fully saturated rings. The Morgan fingerprint density at radius 1 is 0.909 bits per heavy atom. The molecule has 1 amide bonds. The number of nitrogens with one attached hydrogen (secondary N) is 1. The molecule has 0 saturated carbocycles. The van der Waals surface area contributed by atoms with Crippen molar-refractivity contribution in [2.24, 2.45) is 5.92 Å². The van der Waals surface area contributed by atoms with E-state index >= 15 is 0 Å². The van der Waals surface area contributed by atoms with Crippen molar-refractivity contribution in [2.75, 3.05) is 0 Å². The number of fused-ring (bicyclic) bond motifs is 3. The van der Waals surface area contributed by atoms with E-state index < -0.39 is 0 Å². The van der Waals surface area contributed by atoms with Crippen molar-refractivity contribution in [1.82, 2.24) is 5.32 Å². The molecule has 0 radical (unpaired) electrons. The van der Waals surface area contributed by atoms with Crippen LogP contribution >= 0.6 is 0 Å². The summed E-state index contributed by atoms with van der Waals surface area (Å²) in [6.07, 6.45) is 7.13. The van der Waals surface area contributed by atoms with E-state index in [4.69, 9.17) is 0 Å². The average molecular weight is 289 g/mol. The van der Waals surface area contributed by atoms with Crippen LogP contribution in [0.25, 0.3) is 11.1 Å². The van der Waals surface area contributed by atoms with Crippen LogP contribution in [-0.4, -0.2) is 5.91 Å². The van der Waals surface area contributed by atoms with Gasteiger partial charge in [0.05, 0.1) is 6.04 Å². The van der Waals surface area contributed by atoms with Gasteiger partial charge in [0, 0.05) is 5.92 Å². The van der Waals surface area contributed by atoms with Crippen LogP contribution in [0.15, 0.2) is 60.7 Å². The summed E-state index contributed by atoms with van der Waals surface area (Å²) in [5, 5.41) is 3.29. The molecule has 110 valence electrons. The summed E-state index contributed by atoms with van der Waals surface area (Å²) in [6, 6.07) is 16.7. The number of hydrogen-bond donors (Lipinski definition) is 1. The molecule has 4 rings (SSSR count). The maximum Gasteiger partial charge on any atom is 0.224 e. The molecule has 1 N–H and O–H groups in total. The van der Waals surface area contributed by atoms with Gasteiger partial charge in [-0.15, -0.1) is 0 Å². The topological polar surface area (TPSA) is 29.1 Å². The van der Waals surface area contributed by atoms with E-state index in [1.54, 1.807) is 0 Å². The molecule has 2 aromatic carbocycles. The van der Waals surface area contributed by atoms with E-state index in [-0.39, 0.29) is 17.9 Å². The molecule has 2 aliphatic carbocycles. The third kappa shape index (κ3) is 2.16. The minimum Gasteiger partial charge on any atom is -0.345 e. The highest BCUT2D eigenvalue weighted by Gasteiger charge is 2.30. The fourth-order valence-corrected chi connectivity index (χ4v) is 3.60. The molecule has 22 heavy (non-hydrogen) atoms. The first kappa shape index (κ1) is 13.3. The van der Waals surface area contributed by atoms with E-state index in [2.05, 4.69) is 53.9 Å². The largest absolute Gasteiger partial charge is 0.345 e. The molecule has 2 aliphatic rings. The molecule has 0 aliphatic heterocycles. The average Bonchev–Trinajstić information content (AvgIpc) is 2.90. The molecular weight excluding hydrogens is 270 g/mol. The van der Waals surface area contributed by atoms with Gasteiger partial charge in [-0.25, -0.2) is 0 Å². The van der Waals surface area contributed by atoms with Gasteiger partial charge in [0.2, 0.25) is 5.91 Å². The van der Waals surface area contributed by atoms with Crippen molar-refractivity contribution in [2.45, 2.75) is 25.3 Å². The minimum absolute atomic E-state index is 0.00851. The number of amides is 1. The fraction of sp³-hybridized carbons (Fsp3) is 0.250. The monoisotopic (exact) mass is 289 g/mol. The van der Waals surface area contributed by atoms with Gasteiger partial charge in [-0.3, -0.25) is 4.79 Å². The Labute approximate surface area is 130 Å². The smallest absolute Gasteiger partial charge is 0.224 e. The lowest BCUT2D eigenvalue weighted by molar-refractivity contribution is -0.125. The summed E-state index contributed by atoms with van der Waals surface area (Å²) in [5.74, 6) is 0.297. The third-order valence-electron chi connectivity index (χ3n) is 4.76. The van der Waals surface area contributed by atoms with Gasteiger partial charge < -0.3 is 5.32 Å². The first-order valence-corrected chi connectivity index (χ1v) is 7.98. The molecule has 1 atom stereocenters. The lowest BCUT2D eigenvalue weighted by Gasteiger charge is -2.22. The number of hydrogen-bond acceptors (Lipinski definition) is 1. The number of carbonyl (C=O) groups excluding carboxylic acids is 1. The van der Waals surface area contributed by atoms with Crippen molar-refractivity contribution in [1.29, 1.82) is 0 Å². The van der Waals surface area contributed by atoms with E-state index in [9.17, 15) is 4.79 Å². The second-order valence-electron chi connectivity index (χ2n) is 6.10. The van der Waals surface area contributed by atoms with Gasteiger partial charge in [0.25, 0.3) is 0 Å². The Kier molecular flexibility index (Phi) is 3.30. The van der Waals surface area contributed by atoms with Crippen molar-refractivity contribution in [3.63, 3.8) is 0 Å². The lowest BCUT2D eigenvalue weighted by atomic mass is 9.93. The van der Waals surface area contributed by atoms with Gasteiger partial charge in [-0.2, -0.15) is 0 Å². The lowest BCUT2D eigenvalue weighted by Crippen LogP contribution is -2.34. The summed E-state index contributed by atoms with van der Waals surface area (Å²) in [4.78, 5) is 12.6. The van der Waals surface area contributed by atoms with Crippen LogP contribution in [0.3, 0.4) is 0 Å². The Morgan fingerprint density at radius 2 is 1.55 bits per heavy atom. The zero-order valence-electron chi connectivity index (χ0n) is 12.5. The first-order valence-electron chi connectivity index (χ1n) is 7.98. The molecular formula is C20H19NO. The van der Waals surface area contributed by atoms with Crippen LogP contribution in [0.1, 0.15) is 36.4 Å². The normalized spacial score (nSPS) is 19.5. The Morgan fingerprint density at radius 3 is 2.14 bits per heavy atom. The predicted octanol–water partition coefficient (Wildman–Crippen LogP) is 4.23. The Bertz CT molecular complexity index is 701. The number of carbonyl (C=O) groups is 1. The zero-order chi connectivity index (χ0) is 14.9. The van der Waals surface area contributed by atoms with E-state index in [1.165, 1.54) is 22.3 Å². The molecule has 0 bridgehead atoms. The van der Waals surface area contributed by atoms with Crippen LogP contribution in [-0.2, 0) is 4.79 Å². The van der Waals surface area contributed by atoms with Crippen molar-refractivity contribution in [3.8, 4) is 11.1 Å². The van der Waals surface area contributed by atoms with Crippen LogP contribution in [0.5, 0.6) is 0 Å². The quantitative estimate of drug-likeness (QED) is 0.824. The van der Waals surface area contributed by atoms with E-state index in [0.29, 0.717) is 0 Å². The van der Waals surface area contributed by atoms with E-state index in [0.717, 1.165) is 19.3 Å². The fourth-order valence-electron chi connectivity index (χ4n) is 3.60. The summed E-state index contributed by atoms with van der Waals surface area (Å²) in [6.45, 7) is 0. The summed E-state index contributed by atoms with van der Waals surface area (Å²) >= 11 is 0. The Hall–Kier alpha value is -2.35. The molecule has 2 nitrogen and oxygen atoms in total. The standard InChI is InChI=1S/C20H19NO/c22-20(14-8-2-1-3-9-14)21-19-17-12-6-4-10-15(17)16-11-5-7-13-18(16)19/h1-2,4-7,10-14,19H,3,8-9H2,(H,21,22). The number of rotatable bonds is 2. The highest BCUT2D eigenvalue weighted by Crippen LogP contribution is 2.43. The predicted molar refractivity (Wildman–Crippen MR) is 88.3 cm³/mol. The van der Waals surface area contributed by atoms with Crippen LogP contribution in [0, 0.1) is 5.92 Å². The van der Waals surface area contributed by atoms with Gasteiger partial charge in [-0.1, -0.05) is 60.7 Å². The third-order valence-corrected chi connectivity index (χ3v) is 4.76. The summed E-state index contributed by atoms with van der Waals surface area (Å²) < 4.78 is 0. The highest BCUT2D eigenvalue weighted by atomic mass is 16.1. The van der Waals surface area contributed by atoms with Crippen LogP contribution in [0.2, 0.25) is 0 Å². The Balaban J connectivity index is 1.67. The van der Waals surface area contributed by atoms with Crippen LogP contribution in [0.4, 0.5) is 0 Å². The number of benzene rings is 2. The molecule has 0 heterocycles. The molecule has 1 unspecified atom stereocenters. The minimum atomic E-state index is -0.00851. The molecule has 0 saturated heterocycles. The maximum absolute atomic E-state index is 12.6. The summed E-state index contributed by atoms with van der Waals surface area (Å²) in [5.41, 5.74) is 4.91. The SMILES string of the molecule is O=C(NC1c2ccccc2-c2ccccc21)C1CC=CCC1. The molecule has 0 aromatic heterocycles. The first-order chi connectivity index (χ1) is 10.8. The highest BCUT2D eigenvalue weighted by molar-refractivity contribution is 5.84. The second kappa shape index (κ2) is 5.45. The molecule has 0 spiro atoms. The molecule has 2 aromatic rings.